The molecule has 0 N–H and O–H groups in total. The van der Waals surface area contributed by atoms with E-state index in [0.717, 1.165) is 15.1 Å². The van der Waals surface area contributed by atoms with Crippen LogP contribution in [0.5, 0.6) is 0 Å². The lowest BCUT2D eigenvalue weighted by atomic mass is 10.2. The Kier molecular flexibility index (Phi) is 6.20. The number of carbonyl (C=O) groups excluding carboxylic acids is 4. The van der Waals surface area contributed by atoms with Gasteiger partial charge < -0.3 is 9.30 Å². The van der Waals surface area contributed by atoms with E-state index in [1.165, 1.54) is 23.5 Å². The number of thiazole rings is 1. The highest BCUT2D eigenvalue weighted by Gasteiger charge is 2.30. The second-order valence-corrected chi connectivity index (χ2v) is 8.17. The molecule has 166 valence electrons. The molecule has 33 heavy (non-hydrogen) atoms. The summed E-state index contributed by atoms with van der Waals surface area (Å²) >= 11 is 1.24. The van der Waals surface area contributed by atoms with Crippen molar-refractivity contribution in [2.75, 3.05) is 11.5 Å². The summed E-state index contributed by atoms with van der Waals surface area (Å²) in [6, 6.07) is 11.2. The summed E-state index contributed by atoms with van der Waals surface area (Å²) < 4.78 is 7.51. The highest BCUT2D eigenvalue weighted by atomic mass is 32.1. The molecule has 4 rings (SSSR count). The quantitative estimate of drug-likeness (QED) is 0.331. The van der Waals surface area contributed by atoms with Crippen molar-refractivity contribution in [2.24, 2.45) is 4.99 Å². The molecule has 9 heteroatoms. The number of fused-ring (bicyclic) bond motifs is 1. The third kappa shape index (κ3) is 4.33. The molecule has 0 spiro atoms. The van der Waals surface area contributed by atoms with Crippen LogP contribution in [0.2, 0.25) is 0 Å². The van der Waals surface area contributed by atoms with Crippen molar-refractivity contribution in [3.8, 4) is 12.3 Å². The molecule has 1 saturated heterocycles. The average Bonchev–Trinajstić information content (AvgIpc) is 3.32. The summed E-state index contributed by atoms with van der Waals surface area (Å²) in [4.78, 5) is 54.4. The van der Waals surface area contributed by atoms with E-state index in [-0.39, 0.29) is 37.8 Å². The van der Waals surface area contributed by atoms with E-state index in [4.69, 9.17) is 11.2 Å². The Labute approximate surface area is 193 Å². The molecule has 1 aliphatic heterocycles. The first-order valence-electron chi connectivity index (χ1n) is 10.2. The fourth-order valence-electron chi connectivity index (χ4n) is 3.51. The maximum atomic E-state index is 12.8. The van der Waals surface area contributed by atoms with E-state index in [1.54, 1.807) is 41.8 Å². The van der Waals surface area contributed by atoms with Gasteiger partial charge in [0.15, 0.2) is 4.80 Å². The third-order valence-corrected chi connectivity index (χ3v) is 6.11. The van der Waals surface area contributed by atoms with Crippen molar-refractivity contribution in [3.63, 3.8) is 0 Å². The number of anilines is 1. The van der Waals surface area contributed by atoms with E-state index >= 15 is 0 Å². The molecule has 0 aliphatic carbocycles. The summed E-state index contributed by atoms with van der Waals surface area (Å²) in [7, 11) is 0. The molecule has 0 saturated carbocycles. The Hall–Kier alpha value is -4.03. The number of ether oxygens (including phenoxy) is 1. The molecule has 1 fully saturated rings. The van der Waals surface area contributed by atoms with Gasteiger partial charge in [0.1, 0.15) is 0 Å². The number of rotatable bonds is 5. The molecule has 0 atom stereocenters. The molecular formula is C24H19N3O5S. The van der Waals surface area contributed by atoms with Gasteiger partial charge >= 0.3 is 5.97 Å². The topological polar surface area (TPSA) is 98.0 Å². The minimum absolute atomic E-state index is 0.188. The van der Waals surface area contributed by atoms with Crippen LogP contribution in [0.4, 0.5) is 5.69 Å². The average molecular weight is 461 g/mol. The van der Waals surface area contributed by atoms with Gasteiger partial charge in [-0.2, -0.15) is 4.99 Å². The van der Waals surface area contributed by atoms with Crippen LogP contribution in [0.3, 0.4) is 0 Å². The highest BCUT2D eigenvalue weighted by Crippen LogP contribution is 2.23. The van der Waals surface area contributed by atoms with Crippen molar-refractivity contribution in [3.05, 3.63) is 58.4 Å². The molecule has 2 heterocycles. The first kappa shape index (κ1) is 22.2. The number of aromatic nitrogens is 1. The fraction of sp³-hybridized carbons (Fsp3) is 0.208. The van der Waals surface area contributed by atoms with Crippen LogP contribution >= 0.6 is 11.3 Å². The summed E-state index contributed by atoms with van der Waals surface area (Å²) in [5.41, 5.74) is 1.88. The van der Waals surface area contributed by atoms with Crippen LogP contribution in [0.15, 0.2) is 47.5 Å². The number of imide groups is 1. The molecule has 2 aromatic carbocycles. The predicted molar refractivity (Wildman–Crippen MR) is 123 cm³/mol. The van der Waals surface area contributed by atoms with Gasteiger partial charge in [-0.05, 0) is 49.4 Å². The SMILES string of the molecule is C#CCn1/c(=N/C(=O)c2ccc(N3C(=O)CCC3=O)cc2)sc2cc(C(=O)OCC)ccc21. The molecule has 0 bridgehead atoms. The Morgan fingerprint density at radius 1 is 1.09 bits per heavy atom. The first-order chi connectivity index (χ1) is 15.9. The first-order valence-corrected chi connectivity index (χ1v) is 11.0. The maximum absolute atomic E-state index is 12.8. The molecule has 8 nitrogen and oxygen atoms in total. The molecular weight excluding hydrogens is 442 g/mol. The number of benzene rings is 2. The van der Waals surface area contributed by atoms with E-state index < -0.39 is 11.9 Å². The zero-order valence-corrected chi connectivity index (χ0v) is 18.6. The van der Waals surface area contributed by atoms with E-state index in [9.17, 15) is 19.2 Å². The second-order valence-electron chi connectivity index (χ2n) is 7.16. The zero-order chi connectivity index (χ0) is 23.5. The molecule has 1 aliphatic rings. The van der Waals surface area contributed by atoms with Gasteiger partial charge in [0.2, 0.25) is 11.8 Å². The van der Waals surface area contributed by atoms with Gasteiger partial charge in [-0.15, -0.1) is 6.42 Å². The molecule has 0 radical (unpaired) electrons. The monoisotopic (exact) mass is 461 g/mol. The van der Waals surface area contributed by atoms with E-state index in [1.807, 2.05) is 0 Å². The van der Waals surface area contributed by atoms with Gasteiger partial charge in [-0.25, -0.2) is 4.79 Å². The van der Waals surface area contributed by atoms with Gasteiger partial charge in [0, 0.05) is 18.4 Å². The van der Waals surface area contributed by atoms with Crippen LogP contribution in [0, 0.1) is 12.3 Å². The minimum atomic E-state index is -0.497. The smallest absolute Gasteiger partial charge is 0.338 e. The van der Waals surface area contributed by atoms with Crippen molar-refractivity contribution in [1.82, 2.24) is 4.57 Å². The summed E-state index contributed by atoms with van der Waals surface area (Å²) in [5.74, 6) is 1.12. The minimum Gasteiger partial charge on any atom is -0.462 e. The largest absolute Gasteiger partial charge is 0.462 e. The second kappa shape index (κ2) is 9.22. The fourth-order valence-corrected chi connectivity index (χ4v) is 4.58. The molecule has 3 aromatic rings. The lowest BCUT2D eigenvalue weighted by molar-refractivity contribution is -0.121. The lowest BCUT2D eigenvalue weighted by Crippen LogP contribution is -2.28. The van der Waals surface area contributed by atoms with Crippen LogP contribution in [-0.2, 0) is 20.9 Å². The molecule has 3 amide bonds. The molecule has 0 unspecified atom stereocenters. The highest BCUT2D eigenvalue weighted by molar-refractivity contribution is 7.16. The maximum Gasteiger partial charge on any atom is 0.338 e. The summed E-state index contributed by atoms with van der Waals surface area (Å²) in [6.07, 6.45) is 5.89. The Balaban J connectivity index is 1.68. The number of carbonyl (C=O) groups is 4. The molecule has 1 aromatic heterocycles. The number of amides is 3. The van der Waals surface area contributed by atoms with Crippen molar-refractivity contribution in [2.45, 2.75) is 26.3 Å². The number of esters is 1. The Morgan fingerprint density at radius 2 is 1.76 bits per heavy atom. The van der Waals surface area contributed by atoms with Crippen LogP contribution in [0.25, 0.3) is 10.2 Å². The Bertz CT molecular complexity index is 1380. The van der Waals surface area contributed by atoms with Crippen LogP contribution < -0.4 is 9.70 Å². The van der Waals surface area contributed by atoms with Gasteiger partial charge in [0.05, 0.1) is 34.6 Å². The predicted octanol–water partition coefficient (Wildman–Crippen LogP) is 2.91. The van der Waals surface area contributed by atoms with Crippen molar-refractivity contribution >= 4 is 50.9 Å². The number of nitrogens with zero attached hydrogens (tertiary/aromatic N) is 3. The van der Waals surface area contributed by atoms with Gasteiger partial charge in [0.25, 0.3) is 5.91 Å². The standard InChI is InChI=1S/C24H19N3O5S/c1-3-13-26-18-10-7-16(23(31)32-4-2)14-19(18)33-24(26)25-22(30)15-5-8-17(9-6-15)27-20(28)11-12-21(27)29/h1,5-10,14H,4,11-13H2,2H3/b25-24-. The number of hydrogen-bond acceptors (Lipinski definition) is 6. The van der Waals surface area contributed by atoms with Crippen LogP contribution in [0.1, 0.15) is 40.5 Å². The van der Waals surface area contributed by atoms with Gasteiger partial charge in [-0.3, -0.25) is 19.3 Å². The van der Waals surface area contributed by atoms with Crippen molar-refractivity contribution in [1.29, 1.82) is 0 Å². The summed E-state index contributed by atoms with van der Waals surface area (Å²) in [5, 5.41) is 0. The lowest BCUT2D eigenvalue weighted by Gasteiger charge is -2.13. The number of terminal acetylenes is 1. The Morgan fingerprint density at radius 3 is 2.39 bits per heavy atom. The normalized spacial score (nSPS) is 14.1. The van der Waals surface area contributed by atoms with E-state index in [2.05, 4.69) is 10.9 Å². The van der Waals surface area contributed by atoms with Crippen molar-refractivity contribution < 1.29 is 23.9 Å². The van der Waals surface area contributed by atoms with Gasteiger partial charge in [-0.1, -0.05) is 17.3 Å². The van der Waals surface area contributed by atoms with E-state index in [0.29, 0.717) is 21.6 Å². The summed E-state index contributed by atoms with van der Waals surface area (Å²) in [6.45, 7) is 2.20. The van der Waals surface area contributed by atoms with Crippen LogP contribution in [-0.4, -0.2) is 34.9 Å². The third-order valence-electron chi connectivity index (χ3n) is 5.06. The zero-order valence-electron chi connectivity index (χ0n) is 17.7. The number of hydrogen-bond donors (Lipinski definition) is 0.